The minimum Gasteiger partial charge on any atom is -0.454 e. The predicted molar refractivity (Wildman–Crippen MR) is 110 cm³/mol. The molecule has 1 N–H and O–H groups in total. The smallest absolute Gasteiger partial charge is 0.231 e. The number of carbonyl (C=O) groups excluding carboxylic acids is 2. The molecule has 2 aromatic carbocycles. The number of nitrogens with zero attached hydrogens (tertiary/aromatic N) is 1. The highest BCUT2D eigenvalue weighted by atomic mass is 16.7. The van der Waals surface area contributed by atoms with E-state index in [0.717, 1.165) is 36.3 Å². The average Bonchev–Trinajstić information content (AvgIpc) is 3.34. The summed E-state index contributed by atoms with van der Waals surface area (Å²) < 4.78 is 10.7. The molecule has 0 radical (unpaired) electrons. The van der Waals surface area contributed by atoms with Gasteiger partial charge in [0.15, 0.2) is 11.5 Å². The minimum atomic E-state index is -0.337. The van der Waals surface area contributed by atoms with Gasteiger partial charge in [-0.3, -0.25) is 9.59 Å². The second kappa shape index (κ2) is 8.55. The zero-order valence-corrected chi connectivity index (χ0v) is 16.6. The molecule has 1 fully saturated rings. The van der Waals surface area contributed by atoms with Crippen LogP contribution >= 0.6 is 0 Å². The van der Waals surface area contributed by atoms with Crippen molar-refractivity contribution in [2.75, 3.05) is 18.7 Å². The van der Waals surface area contributed by atoms with Gasteiger partial charge >= 0.3 is 0 Å². The molecule has 0 aliphatic carbocycles. The van der Waals surface area contributed by atoms with E-state index in [1.807, 2.05) is 30.3 Å². The zero-order valence-electron chi connectivity index (χ0n) is 16.6. The highest BCUT2D eigenvalue weighted by Gasteiger charge is 2.34. The number of hydrogen-bond acceptors (Lipinski definition) is 4. The second-order valence-electron chi connectivity index (χ2n) is 7.65. The second-order valence-corrected chi connectivity index (χ2v) is 7.65. The van der Waals surface area contributed by atoms with Crippen molar-refractivity contribution >= 4 is 17.5 Å². The van der Waals surface area contributed by atoms with E-state index >= 15 is 0 Å². The van der Waals surface area contributed by atoms with E-state index in [1.54, 1.807) is 4.90 Å². The van der Waals surface area contributed by atoms with Crippen molar-refractivity contribution in [3.05, 3.63) is 53.6 Å². The highest BCUT2D eigenvalue weighted by Crippen LogP contribution is 2.33. The summed E-state index contributed by atoms with van der Waals surface area (Å²) in [6, 6.07) is 13.6. The minimum absolute atomic E-state index is 0.00210. The van der Waals surface area contributed by atoms with Crippen molar-refractivity contribution < 1.29 is 19.1 Å². The zero-order chi connectivity index (χ0) is 20.2. The van der Waals surface area contributed by atoms with Crippen LogP contribution in [0.3, 0.4) is 0 Å². The number of hydrogen-bond donors (Lipinski definition) is 1. The molecule has 2 aromatic rings. The largest absolute Gasteiger partial charge is 0.454 e. The molecule has 4 rings (SSSR count). The lowest BCUT2D eigenvalue weighted by molar-refractivity contribution is -0.128. The van der Waals surface area contributed by atoms with Crippen LogP contribution in [0.1, 0.15) is 37.3 Å². The van der Waals surface area contributed by atoms with E-state index in [-0.39, 0.29) is 30.9 Å². The van der Waals surface area contributed by atoms with Crippen LogP contribution in [0.25, 0.3) is 0 Å². The van der Waals surface area contributed by atoms with Crippen molar-refractivity contribution in [2.45, 2.75) is 39.2 Å². The van der Waals surface area contributed by atoms with Crippen molar-refractivity contribution in [3.8, 4) is 11.5 Å². The molecule has 152 valence electrons. The van der Waals surface area contributed by atoms with Gasteiger partial charge < -0.3 is 19.7 Å². The van der Waals surface area contributed by atoms with Crippen LogP contribution in [-0.2, 0) is 22.6 Å². The van der Waals surface area contributed by atoms with Gasteiger partial charge in [-0.25, -0.2) is 0 Å². The Kier molecular flexibility index (Phi) is 5.69. The van der Waals surface area contributed by atoms with E-state index in [2.05, 4.69) is 24.4 Å². The van der Waals surface area contributed by atoms with Crippen LogP contribution in [0.15, 0.2) is 42.5 Å². The number of aryl methyl sites for hydroxylation is 1. The Morgan fingerprint density at radius 3 is 2.66 bits per heavy atom. The van der Waals surface area contributed by atoms with E-state index in [4.69, 9.17) is 9.47 Å². The maximum Gasteiger partial charge on any atom is 0.231 e. The monoisotopic (exact) mass is 394 g/mol. The molecular weight excluding hydrogens is 368 g/mol. The molecule has 2 heterocycles. The molecular formula is C23H26N2O4. The Bertz CT molecular complexity index is 894. The van der Waals surface area contributed by atoms with Crippen molar-refractivity contribution in [1.29, 1.82) is 0 Å². The Labute approximate surface area is 170 Å². The lowest BCUT2D eigenvalue weighted by Crippen LogP contribution is -2.28. The maximum absolute atomic E-state index is 12.6. The number of carbonyl (C=O) groups is 2. The molecule has 1 atom stereocenters. The number of nitrogens with one attached hydrogen (secondary N) is 1. The molecule has 2 aliphatic rings. The molecule has 1 unspecified atom stereocenters. The number of amides is 2. The summed E-state index contributed by atoms with van der Waals surface area (Å²) in [6.45, 7) is 3.29. The fraction of sp³-hybridized carbons (Fsp3) is 0.391. The number of unbranched alkanes of at least 4 members (excludes halogenated alkanes) is 1. The molecule has 2 aliphatic heterocycles. The summed E-state index contributed by atoms with van der Waals surface area (Å²) in [5.41, 5.74) is 3.01. The quantitative estimate of drug-likeness (QED) is 0.777. The third-order valence-electron chi connectivity index (χ3n) is 5.44. The molecule has 0 saturated carbocycles. The number of rotatable bonds is 7. The highest BCUT2D eigenvalue weighted by molar-refractivity contribution is 5.97. The topological polar surface area (TPSA) is 67.9 Å². The van der Waals surface area contributed by atoms with E-state index in [1.165, 1.54) is 5.56 Å². The van der Waals surface area contributed by atoms with Gasteiger partial charge in [0.25, 0.3) is 0 Å². The van der Waals surface area contributed by atoms with Gasteiger partial charge in [-0.1, -0.05) is 31.5 Å². The van der Waals surface area contributed by atoms with Gasteiger partial charge in [-0.15, -0.1) is 0 Å². The van der Waals surface area contributed by atoms with Crippen molar-refractivity contribution in [1.82, 2.24) is 4.90 Å². The van der Waals surface area contributed by atoms with E-state index in [0.29, 0.717) is 18.8 Å². The summed E-state index contributed by atoms with van der Waals surface area (Å²) in [7, 11) is 0. The van der Waals surface area contributed by atoms with Crippen LogP contribution in [0.4, 0.5) is 5.69 Å². The van der Waals surface area contributed by atoms with E-state index in [9.17, 15) is 9.59 Å². The summed E-state index contributed by atoms with van der Waals surface area (Å²) >= 11 is 0. The first kappa shape index (κ1) is 19.3. The lowest BCUT2D eigenvalue weighted by atomic mass is 10.1. The van der Waals surface area contributed by atoms with Crippen LogP contribution < -0.4 is 14.8 Å². The van der Waals surface area contributed by atoms with Gasteiger partial charge in [-0.05, 0) is 48.2 Å². The first-order chi connectivity index (χ1) is 14.1. The Balaban J connectivity index is 1.33. The Morgan fingerprint density at radius 1 is 1.10 bits per heavy atom. The number of benzene rings is 2. The molecule has 6 heteroatoms. The molecule has 0 aromatic heterocycles. The van der Waals surface area contributed by atoms with Gasteiger partial charge in [0.05, 0.1) is 5.92 Å². The number of fused-ring (bicyclic) bond motifs is 1. The first-order valence-corrected chi connectivity index (χ1v) is 10.2. The lowest BCUT2D eigenvalue weighted by Gasteiger charge is -2.17. The molecule has 0 bridgehead atoms. The standard InChI is InChI=1S/C23H26N2O4/c1-2-3-4-16-5-8-19(9-6-16)24-23(27)18-12-22(26)25(14-18)13-17-7-10-20-21(11-17)29-15-28-20/h5-11,18H,2-4,12-15H2,1H3,(H,24,27). The number of likely N-dealkylation sites (tertiary alicyclic amines) is 1. The van der Waals surface area contributed by atoms with Crippen LogP contribution in [-0.4, -0.2) is 30.1 Å². The van der Waals surface area contributed by atoms with Gasteiger partial charge in [0.2, 0.25) is 18.6 Å². The fourth-order valence-corrected chi connectivity index (χ4v) is 3.74. The van der Waals surface area contributed by atoms with E-state index < -0.39 is 0 Å². The molecule has 29 heavy (non-hydrogen) atoms. The summed E-state index contributed by atoms with van der Waals surface area (Å²) in [5.74, 6) is 0.979. The summed E-state index contributed by atoms with van der Waals surface area (Å²) in [6.07, 6.45) is 3.62. The molecule has 2 amide bonds. The van der Waals surface area contributed by atoms with Crippen LogP contribution in [0.5, 0.6) is 11.5 Å². The normalized spacial score (nSPS) is 17.6. The Morgan fingerprint density at radius 2 is 1.86 bits per heavy atom. The average molecular weight is 394 g/mol. The molecule has 6 nitrogen and oxygen atoms in total. The fourth-order valence-electron chi connectivity index (χ4n) is 3.74. The van der Waals surface area contributed by atoms with Crippen LogP contribution in [0, 0.1) is 5.92 Å². The Hall–Kier alpha value is -3.02. The SMILES string of the molecule is CCCCc1ccc(NC(=O)C2CC(=O)N(Cc3ccc4c(c3)OCO4)C2)cc1. The third kappa shape index (κ3) is 4.53. The van der Waals surface area contributed by atoms with Crippen LogP contribution in [0.2, 0.25) is 0 Å². The van der Waals surface area contributed by atoms with Crippen molar-refractivity contribution in [2.24, 2.45) is 5.92 Å². The molecule has 0 spiro atoms. The van der Waals surface area contributed by atoms with Gasteiger partial charge in [-0.2, -0.15) is 0 Å². The predicted octanol–water partition coefficient (Wildman–Crippen LogP) is 3.75. The maximum atomic E-state index is 12.6. The first-order valence-electron chi connectivity index (χ1n) is 10.2. The van der Waals surface area contributed by atoms with Gasteiger partial charge in [0, 0.05) is 25.2 Å². The third-order valence-corrected chi connectivity index (χ3v) is 5.44. The summed E-state index contributed by atoms with van der Waals surface area (Å²) in [4.78, 5) is 26.8. The molecule has 1 saturated heterocycles. The number of ether oxygens (including phenoxy) is 2. The number of anilines is 1. The van der Waals surface area contributed by atoms with Crippen molar-refractivity contribution in [3.63, 3.8) is 0 Å². The summed E-state index contributed by atoms with van der Waals surface area (Å²) in [5, 5.41) is 2.95. The van der Waals surface area contributed by atoms with Gasteiger partial charge in [0.1, 0.15) is 0 Å².